The van der Waals surface area contributed by atoms with Crippen molar-refractivity contribution in [2.75, 3.05) is 47.1 Å². The molecule has 1 amide bonds. The number of ether oxygens (including phenoxy) is 3. The molecule has 0 bridgehead atoms. The number of methoxy groups -OCH3 is 2. The van der Waals surface area contributed by atoms with E-state index in [0.717, 1.165) is 50.4 Å². The Morgan fingerprint density at radius 3 is 2.57 bits per heavy atom. The molecule has 1 N–H and O–H groups in total. The zero-order valence-corrected chi connectivity index (χ0v) is 16.6. The maximum atomic E-state index is 12.5. The molecule has 1 aliphatic heterocycles. The molecule has 150 valence electrons. The van der Waals surface area contributed by atoms with Crippen molar-refractivity contribution in [1.29, 1.82) is 0 Å². The number of carbonyl (C=O) groups excluding carboxylic acids is 1. The van der Waals surface area contributed by atoms with Crippen LogP contribution in [0.15, 0.2) is 42.5 Å². The summed E-state index contributed by atoms with van der Waals surface area (Å²) in [6, 6.07) is 13.6. The van der Waals surface area contributed by atoms with E-state index in [1.807, 2.05) is 36.4 Å². The van der Waals surface area contributed by atoms with Gasteiger partial charge in [0.05, 0.1) is 27.4 Å². The van der Waals surface area contributed by atoms with E-state index in [0.29, 0.717) is 23.6 Å². The Morgan fingerprint density at radius 1 is 1.04 bits per heavy atom. The highest BCUT2D eigenvalue weighted by atomic mass is 16.5. The predicted molar refractivity (Wildman–Crippen MR) is 108 cm³/mol. The molecule has 0 radical (unpaired) electrons. The first kappa shape index (κ1) is 20.2. The van der Waals surface area contributed by atoms with Gasteiger partial charge in [-0.3, -0.25) is 9.69 Å². The van der Waals surface area contributed by atoms with Crippen LogP contribution >= 0.6 is 0 Å². The molecule has 6 heteroatoms. The Hall–Kier alpha value is -2.57. The average molecular weight is 384 g/mol. The highest BCUT2D eigenvalue weighted by Crippen LogP contribution is 2.27. The third-order valence-corrected chi connectivity index (χ3v) is 4.85. The number of rotatable bonds is 8. The van der Waals surface area contributed by atoms with Gasteiger partial charge in [0.15, 0.2) is 11.5 Å². The second kappa shape index (κ2) is 10.1. The molecule has 28 heavy (non-hydrogen) atoms. The minimum absolute atomic E-state index is 0.0516. The predicted octanol–water partition coefficient (Wildman–Crippen LogP) is 2.51. The maximum absolute atomic E-state index is 12.5. The summed E-state index contributed by atoms with van der Waals surface area (Å²) < 4.78 is 16.0. The van der Waals surface area contributed by atoms with Crippen LogP contribution in [0.1, 0.15) is 21.5 Å². The van der Waals surface area contributed by atoms with Crippen LogP contribution in [-0.2, 0) is 17.7 Å². The molecule has 3 rings (SSSR count). The fourth-order valence-corrected chi connectivity index (χ4v) is 3.29. The van der Waals surface area contributed by atoms with Gasteiger partial charge < -0.3 is 19.5 Å². The molecule has 0 aromatic heterocycles. The number of hydrogen-bond acceptors (Lipinski definition) is 5. The number of benzene rings is 2. The molecule has 0 atom stereocenters. The SMILES string of the molecule is COc1ccc(CCNC(=O)c2cccc(CN3CCOCC3)c2)cc1OC. The smallest absolute Gasteiger partial charge is 0.251 e. The van der Waals surface area contributed by atoms with Crippen molar-refractivity contribution in [3.8, 4) is 11.5 Å². The van der Waals surface area contributed by atoms with Gasteiger partial charge >= 0.3 is 0 Å². The molecule has 1 saturated heterocycles. The van der Waals surface area contributed by atoms with Crippen molar-refractivity contribution in [2.45, 2.75) is 13.0 Å². The van der Waals surface area contributed by atoms with Crippen molar-refractivity contribution in [1.82, 2.24) is 10.2 Å². The Balaban J connectivity index is 1.52. The summed E-state index contributed by atoms with van der Waals surface area (Å²) in [6.07, 6.45) is 0.722. The van der Waals surface area contributed by atoms with Crippen LogP contribution in [0.2, 0.25) is 0 Å². The van der Waals surface area contributed by atoms with Gasteiger partial charge in [-0.1, -0.05) is 18.2 Å². The summed E-state index contributed by atoms with van der Waals surface area (Å²) in [5, 5.41) is 3.00. The van der Waals surface area contributed by atoms with E-state index in [9.17, 15) is 4.79 Å². The van der Waals surface area contributed by atoms with E-state index < -0.39 is 0 Å². The highest BCUT2D eigenvalue weighted by molar-refractivity contribution is 5.94. The molecule has 2 aromatic carbocycles. The molecule has 2 aromatic rings. The summed E-state index contributed by atoms with van der Waals surface area (Å²) >= 11 is 0. The van der Waals surface area contributed by atoms with Crippen molar-refractivity contribution < 1.29 is 19.0 Å². The summed E-state index contributed by atoms with van der Waals surface area (Å²) in [5.74, 6) is 1.35. The minimum atomic E-state index is -0.0516. The summed E-state index contributed by atoms with van der Waals surface area (Å²) in [5.41, 5.74) is 2.92. The quantitative estimate of drug-likeness (QED) is 0.758. The molecule has 0 aliphatic carbocycles. The first-order chi connectivity index (χ1) is 13.7. The highest BCUT2D eigenvalue weighted by Gasteiger charge is 2.12. The fourth-order valence-electron chi connectivity index (χ4n) is 3.29. The van der Waals surface area contributed by atoms with Gasteiger partial charge in [0, 0.05) is 31.7 Å². The molecule has 6 nitrogen and oxygen atoms in total. The Morgan fingerprint density at radius 2 is 1.82 bits per heavy atom. The molecular formula is C22H28N2O4. The van der Waals surface area contributed by atoms with Crippen molar-refractivity contribution in [2.24, 2.45) is 0 Å². The molecule has 1 aliphatic rings. The van der Waals surface area contributed by atoms with Crippen LogP contribution in [0.4, 0.5) is 0 Å². The molecule has 1 fully saturated rings. The summed E-state index contributed by atoms with van der Waals surface area (Å²) in [4.78, 5) is 14.9. The average Bonchev–Trinajstić information content (AvgIpc) is 2.74. The second-order valence-electron chi connectivity index (χ2n) is 6.78. The Labute approximate surface area is 166 Å². The normalized spacial score (nSPS) is 14.5. The van der Waals surface area contributed by atoms with E-state index in [4.69, 9.17) is 14.2 Å². The van der Waals surface area contributed by atoms with Crippen LogP contribution in [0.5, 0.6) is 11.5 Å². The van der Waals surface area contributed by atoms with Crippen LogP contribution in [-0.4, -0.2) is 57.9 Å². The van der Waals surface area contributed by atoms with Gasteiger partial charge in [0.2, 0.25) is 0 Å². The lowest BCUT2D eigenvalue weighted by molar-refractivity contribution is 0.0342. The van der Waals surface area contributed by atoms with Gasteiger partial charge in [-0.15, -0.1) is 0 Å². The number of amides is 1. The lowest BCUT2D eigenvalue weighted by Gasteiger charge is -2.26. The second-order valence-corrected chi connectivity index (χ2v) is 6.78. The summed E-state index contributed by atoms with van der Waals surface area (Å²) in [7, 11) is 3.23. The van der Waals surface area contributed by atoms with Gasteiger partial charge in [-0.05, 0) is 41.8 Å². The monoisotopic (exact) mass is 384 g/mol. The number of hydrogen-bond donors (Lipinski definition) is 1. The van der Waals surface area contributed by atoms with Crippen molar-refractivity contribution >= 4 is 5.91 Å². The largest absolute Gasteiger partial charge is 0.493 e. The fraction of sp³-hybridized carbons (Fsp3) is 0.409. The van der Waals surface area contributed by atoms with E-state index in [1.165, 1.54) is 0 Å². The van der Waals surface area contributed by atoms with Crippen LogP contribution < -0.4 is 14.8 Å². The summed E-state index contributed by atoms with van der Waals surface area (Å²) in [6.45, 7) is 4.81. The minimum Gasteiger partial charge on any atom is -0.493 e. The third-order valence-electron chi connectivity index (χ3n) is 4.85. The Bertz CT molecular complexity index is 788. The van der Waals surface area contributed by atoms with Gasteiger partial charge in [-0.2, -0.15) is 0 Å². The van der Waals surface area contributed by atoms with Gasteiger partial charge in [-0.25, -0.2) is 0 Å². The number of nitrogens with one attached hydrogen (secondary N) is 1. The van der Waals surface area contributed by atoms with Crippen LogP contribution in [0.3, 0.4) is 0 Å². The zero-order chi connectivity index (χ0) is 19.8. The standard InChI is InChI=1S/C22H28N2O4/c1-26-20-7-6-17(15-21(20)27-2)8-9-23-22(25)19-5-3-4-18(14-19)16-24-10-12-28-13-11-24/h3-7,14-15H,8-13,16H2,1-2H3,(H,23,25). The van der Waals surface area contributed by atoms with Crippen LogP contribution in [0, 0.1) is 0 Å². The van der Waals surface area contributed by atoms with E-state index >= 15 is 0 Å². The van der Waals surface area contributed by atoms with E-state index in [2.05, 4.69) is 16.3 Å². The lowest BCUT2D eigenvalue weighted by atomic mass is 10.1. The number of morpholine rings is 1. The lowest BCUT2D eigenvalue weighted by Crippen LogP contribution is -2.35. The maximum Gasteiger partial charge on any atom is 0.251 e. The number of carbonyl (C=O) groups is 1. The number of nitrogens with zero attached hydrogens (tertiary/aromatic N) is 1. The molecule has 0 spiro atoms. The molecular weight excluding hydrogens is 356 g/mol. The zero-order valence-electron chi connectivity index (χ0n) is 16.6. The van der Waals surface area contributed by atoms with Crippen molar-refractivity contribution in [3.05, 3.63) is 59.2 Å². The van der Waals surface area contributed by atoms with Crippen LogP contribution in [0.25, 0.3) is 0 Å². The topological polar surface area (TPSA) is 60.0 Å². The van der Waals surface area contributed by atoms with Gasteiger partial charge in [0.25, 0.3) is 5.91 Å². The third kappa shape index (κ3) is 5.47. The van der Waals surface area contributed by atoms with Gasteiger partial charge in [0.1, 0.15) is 0 Å². The Kier molecular flexibility index (Phi) is 7.28. The first-order valence-electron chi connectivity index (χ1n) is 9.57. The molecule has 1 heterocycles. The first-order valence-corrected chi connectivity index (χ1v) is 9.57. The molecule has 0 saturated carbocycles. The van der Waals surface area contributed by atoms with E-state index in [1.54, 1.807) is 14.2 Å². The van der Waals surface area contributed by atoms with Crippen molar-refractivity contribution in [3.63, 3.8) is 0 Å². The molecule has 0 unspecified atom stereocenters. The van der Waals surface area contributed by atoms with E-state index in [-0.39, 0.29) is 5.91 Å².